The van der Waals surface area contributed by atoms with E-state index in [-0.39, 0.29) is 24.5 Å². The first kappa shape index (κ1) is 29.1. The second-order valence-electron chi connectivity index (χ2n) is 11.1. The molecule has 222 valence electrons. The third kappa shape index (κ3) is 6.27. The molecule has 0 radical (unpaired) electrons. The van der Waals surface area contributed by atoms with E-state index in [2.05, 4.69) is 15.3 Å². The van der Waals surface area contributed by atoms with Crippen LogP contribution in [0.4, 0.5) is 24.8 Å². The number of fused-ring (bicyclic) bond motifs is 1. The number of halogens is 3. The molecule has 2 N–H and O–H groups in total. The zero-order chi connectivity index (χ0) is 29.2. The van der Waals surface area contributed by atoms with E-state index in [1.165, 1.54) is 6.92 Å². The van der Waals surface area contributed by atoms with Gasteiger partial charge in [0.25, 0.3) is 5.91 Å². The van der Waals surface area contributed by atoms with Crippen LogP contribution in [0.2, 0.25) is 0 Å². The number of anilines is 2. The smallest absolute Gasteiger partial charge is 0.434 e. The van der Waals surface area contributed by atoms with Crippen molar-refractivity contribution in [2.45, 2.75) is 76.4 Å². The quantitative estimate of drug-likeness (QED) is 0.440. The Morgan fingerprint density at radius 3 is 2.59 bits per heavy atom. The number of nitrogens with zero attached hydrogens (tertiary/aromatic N) is 3. The van der Waals surface area contributed by atoms with E-state index in [4.69, 9.17) is 9.47 Å². The monoisotopic (exact) mass is 576 g/mol. The van der Waals surface area contributed by atoms with Crippen molar-refractivity contribution >= 4 is 23.5 Å². The molecule has 5 rings (SSSR count). The van der Waals surface area contributed by atoms with Crippen molar-refractivity contribution in [1.82, 2.24) is 15.3 Å². The Morgan fingerprint density at radius 1 is 1.17 bits per heavy atom. The van der Waals surface area contributed by atoms with Crippen molar-refractivity contribution < 1.29 is 37.3 Å². The molecule has 1 aromatic heterocycles. The Kier molecular flexibility index (Phi) is 8.40. The maximum atomic E-state index is 14.3. The average molecular weight is 577 g/mol. The summed E-state index contributed by atoms with van der Waals surface area (Å²) in [6.45, 7) is 3.83. The highest BCUT2D eigenvalue weighted by Crippen LogP contribution is 2.39. The highest BCUT2D eigenvalue weighted by atomic mass is 19.4. The van der Waals surface area contributed by atoms with Crippen LogP contribution < -0.4 is 15.0 Å². The zero-order valence-electron chi connectivity index (χ0n) is 23.1. The number of carbonyl (C=O) groups is 2. The van der Waals surface area contributed by atoms with E-state index in [0.29, 0.717) is 49.8 Å². The highest BCUT2D eigenvalue weighted by Gasteiger charge is 2.45. The van der Waals surface area contributed by atoms with Gasteiger partial charge in [-0.15, -0.1) is 0 Å². The second kappa shape index (κ2) is 11.8. The Bertz CT molecular complexity index is 1290. The summed E-state index contributed by atoms with van der Waals surface area (Å²) in [6.07, 6.45) is 0.838. The van der Waals surface area contributed by atoms with E-state index >= 15 is 0 Å². The third-order valence-corrected chi connectivity index (χ3v) is 8.37. The normalized spacial score (nSPS) is 19.1. The lowest BCUT2D eigenvalue weighted by molar-refractivity contribution is -0.145. The van der Waals surface area contributed by atoms with E-state index in [9.17, 15) is 27.9 Å². The minimum absolute atomic E-state index is 0.152. The number of nitrogens with one attached hydrogen (secondary N) is 1. The third-order valence-electron chi connectivity index (χ3n) is 8.37. The first-order chi connectivity index (χ1) is 19.6. The van der Waals surface area contributed by atoms with Gasteiger partial charge in [0.05, 0.1) is 17.9 Å². The van der Waals surface area contributed by atoms with E-state index in [1.54, 1.807) is 17.0 Å². The molecule has 0 unspecified atom stereocenters. The van der Waals surface area contributed by atoms with Gasteiger partial charge in [0.15, 0.2) is 5.69 Å². The Hall–Kier alpha value is -3.41. The molecule has 1 aliphatic carbocycles. The van der Waals surface area contributed by atoms with Crippen LogP contribution in [0.3, 0.4) is 0 Å². The highest BCUT2D eigenvalue weighted by molar-refractivity contribution is 6.00. The number of ether oxygens (including phenoxy) is 2. The molecule has 3 heterocycles. The molecular weight excluding hydrogens is 541 g/mol. The SMILES string of the molecule is Cc1nc(N2CCc3cc(OCCC4CCOCC4)ccc32)nc(C(F)(F)F)c1C(=O)NC1(C(=O)O)CCCCC1. The van der Waals surface area contributed by atoms with Crippen LogP contribution in [0.25, 0.3) is 0 Å². The maximum absolute atomic E-state index is 14.3. The molecule has 0 spiro atoms. The molecule has 3 aliphatic rings. The molecule has 1 saturated heterocycles. The summed E-state index contributed by atoms with van der Waals surface area (Å²) in [4.78, 5) is 34.9. The lowest BCUT2D eigenvalue weighted by Crippen LogP contribution is -2.56. The van der Waals surface area contributed by atoms with E-state index in [1.807, 2.05) is 6.07 Å². The van der Waals surface area contributed by atoms with Gasteiger partial charge in [0, 0.05) is 25.4 Å². The molecule has 9 nitrogen and oxygen atoms in total. The fourth-order valence-corrected chi connectivity index (χ4v) is 6.04. The van der Waals surface area contributed by atoms with E-state index in [0.717, 1.165) is 44.5 Å². The second-order valence-corrected chi connectivity index (χ2v) is 11.1. The Balaban J connectivity index is 1.36. The van der Waals surface area contributed by atoms with Crippen LogP contribution in [0, 0.1) is 12.8 Å². The van der Waals surface area contributed by atoms with Crippen molar-refractivity contribution in [2.75, 3.05) is 31.3 Å². The number of alkyl halides is 3. The van der Waals surface area contributed by atoms with Crippen LogP contribution in [0.15, 0.2) is 18.2 Å². The van der Waals surface area contributed by atoms with Crippen LogP contribution in [-0.2, 0) is 22.1 Å². The van der Waals surface area contributed by atoms with E-state index < -0.39 is 34.8 Å². The average Bonchev–Trinajstić information content (AvgIpc) is 3.36. The summed E-state index contributed by atoms with van der Waals surface area (Å²) in [5, 5.41) is 12.2. The van der Waals surface area contributed by atoms with Crippen molar-refractivity contribution in [1.29, 1.82) is 0 Å². The van der Waals surface area contributed by atoms with Gasteiger partial charge in [-0.2, -0.15) is 13.2 Å². The van der Waals surface area contributed by atoms with Gasteiger partial charge in [0.1, 0.15) is 11.3 Å². The fourth-order valence-electron chi connectivity index (χ4n) is 6.04. The van der Waals surface area contributed by atoms with Crippen LogP contribution in [0.5, 0.6) is 5.75 Å². The molecule has 2 aromatic rings. The number of amides is 1. The van der Waals surface area contributed by atoms with Crippen molar-refractivity contribution in [3.63, 3.8) is 0 Å². The number of carboxylic acid groups (broad SMARTS) is 1. The number of aliphatic carboxylic acids is 1. The first-order valence-corrected chi connectivity index (χ1v) is 14.2. The molecule has 1 saturated carbocycles. The number of rotatable bonds is 8. The molecule has 0 atom stereocenters. The fraction of sp³-hybridized carbons (Fsp3) is 0.586. The lowest BCUT2D eigenvalue weighted by Gasteiger charge is -2.34. The number of hydrogen-bond donors (Lipinski definition) is 2. The maximum Gasteiger partial charge on any atom is 0.434 e. The molecule has 1 aromatic carbocycles. The molecule has 2 fully saturated rings. The summed E-state index contributed by atoms with van der Waals surface area (Å²) < 4.78 is 54.1. The largest absolute Gasteiger partial charge is 0.494 e. The number of aryl methyl sites for hydroxylation is 1. The number of carboxylic acids is 1. The Labute approximate surface area is 236 Å². The Morgan fingerprint density at radius 2 is 1.90 bits per heavy atom. The van der Waals surface area contributed by atoms with Gasteiger partial charge in [-0.25, -0.2) is 14.8 Å². The molecule has 2 aliphatic heterocycles. The predicted octanol–water partition coefficient (Wildman–Crippen LogP) is 5.21. The van der Waals surface area contributed by atoms with Gasteiger partial charge >= 0.3 is 12.1 Å². The van der Waals surface area contributed by atoms with Gasteiger partial charge in [-0.05, 0) is 75.1 Å². The van der Waals surface area contributed by atoms with Crippen LogP contribution in [0.1, 0.15) is 78.7 Å². The zero-order valence-corrected chi connectivity index (χ0v) is 23.1. The minimum atomic E-state index is -4.96. The van der Waals surface area contributed by atoms with Crippen molar-refractivity contribution in [2.24, 2.45) is 5.92 Å². The summed E-state index contributed by atoms with van der Waals surface area (Å²) in [5.41, 5.74) is -2.32. The molecule has 1 amide bonds. The minimum Gasteiger partial charge on any atom is -0.494 e. The van der Waals surface area contributed by atoms with Crippen molar-refractivity contribution in [3.8, 4) is 5.75 Å². The predicted molar refractivity (Wildman–Crippen MR) is 143 cm³/mol. The number of carbonyl (C=O) groups excluding carboxylic acids is 1. The molecule has 12 heteroatoms. The lowest BCUT2D eigenvalue weighted by atomic mass is 9.81. The summed E-state index contributed by atoms with van der Waals surface area (Å²) in [7, 11) is 0. The summed E-state index contributed by atoms with van der Waals surface area (Å²) in [5.74, 6) is -1.26. The van der Waals surface area contributed by atoms with Crippen LogP contribution >= 0.6 is 0 Å². The molecule has 41 heavy (non-hydrogen) atoms. The van der Waals surface area contributed by atoms with Gasteiger partial charge < -0.3 is 24.8 Å². The number of aromatic nitrogens is 2. The number of hydrogen-bond acceptors (Lipinski definition) is 7. The van der Waals surface area contributed by atoms with Gasteiger partial charge in [-0.3, -0.25) is 4.79 Å². The molecule has 0 bridgehead atoms. The van der Waals surface area contributed by atoms with Gasteiger partial charge in [0.2, 0.25) is 5.95 Å². The van der Waals surface area contributed by atoms with Crippen molar-refractivity contribution in [3.05, 3.63) is 40.7 Å². The standard InChI is InChI=1S/C29H35F3N4O5/c1-18-23(25(37)35-28(26(38)39)11-3-2-4-12-28)24(29(30,31)32)34-27(33-18)36-13-7-20-17-21(5-6-22(20)36)41-16-10-19-8-14-40-15-9-19/h5-6,17,19H,2-4,7-16H2,1H3,(H,35,37)(H,38,39). The molecular formula is C29H35F3N4O5. The first-order valence-electron chi connectivity index (χ1n) is 14.2. The summed E-state index contributed by atoms with van der Waals surface area (Å²) >= 11 is 0. The van der Waals surface area contributed by atoms with Gasteiger partial charge in [-0.1, -0.05) is 19.3 Å². The van der Waals surface area contributed by atoms with Crippen LogP contribution in [-0.4, -0.2) is 58.9 Å². The number of benzene rings is 1. The summed E-state index contributed by atoms with van der Waals surface area (Å²) in [6, 6.07) is 5.47. The topological polar surface area (TPSA) is 114 Å².